The lowest BCUT2D eigenvalue weighted by Gasteiger charge is -2.17. The number of hydrogen-bond acceptors (Lipinski definition) is 3. The van der Waals surface area contributed by atoms with Crippen molar-refractivity contribution in [3.63, 3.8) is 0 Å². The standard InChI is InChI=1S/C14H23NO3/c1-2-17-7-8-18-6-5-15-14(16)13-10-11-3-4-12(13)9-11/h3-4,11-13H,2,5-10H2,1H3,(H,15,16)/t11-,12+,13+/m1/s1. The Kier molecular flexibility index (Phi) is 5.20. The third-order valence-electron chi connectivity index (χ3n) is 3.74. The highest BCUT2D eigenvalue weighted by Gasteiger charge is 2.39. The Balaban J connectivity index is 1.52. The first kappa shape index (κ1) is 13.6. The van der Waals surface area contributed by atoms with Crippen LogP contribution in [0.25, 0.3) is 0 Å². The maximum absolute atomic E-state index is 11.9. The molecular formula is C14H23NO3. The summed E-state index contributed by atoms with van der Waals surface area (Å²) in [6.45, 7) is 5.07. The zero-order valence-corrected chi connectivity index (χ0v) is 11.1. The van der Waals surface area contributed by atoms with E-state index in [2.05, 4.69) is 17.5 Å². The SMILES string of the molecule is CCOCCOCCNC(=O)[C@H]1C[C@@H]2C=C[C@H]1C2. The van der Waals surface area contributed by atoms with Gasteiger partial charge in [0.1, 0.15) is 0 Å². The number of fused-ring (bicyclic) bond motifs is 2. The number of carbonyl (C=O) groups excluding carboxylic acids is 1. The fourth-order valence-corrected chi connectivity index (χ4v) is 2.82. The van der Waals surface area contributed by atoms with Crippen LogP contribution in [0.2, 0.25) is 0 Å². The van der Waals surface area contributed by atoms with Gasteiger partial charge in [0.25, 0.3) is 0 Å². The van der Waals surface area contributed by atoms with Crippen molar-refractivity contribution in [2.24, 2.45) is 17.8 Å². The highest BCUT2D eigenvalue weighted by molar-refractivity contribution is 5.79. The molecule has 102 valence electrons. The fourth-order valence-electron chi connectivity index (χ4n) is 2.82. The van der Waals surface area contributed by atoms with Crippen LogP contribution in [-0.4, -0.2) is 38.9 Å². The average Bonchev–Trinajstić information content (AvgIpc) is 2.99. The topological polar surface area (TPSA) is 47.6 Å². The lowest BCUT2D eigenvalue weighted by molar-refractivity contribution is -0.126. The third kappa shape index (κ3) is 3.56. The second-order valence-corrected chi connectivity index (χ2v) is 4.99. The molecule has 1 amide bonds. The monoisotopic (exact) mass is 253 g/mol. The Labute approximate surface area is 109 Å². The number of nitrogens with one attached hydrogen (secondary N) is 1. The second kappa shape index (κ2) is 6.90. The Morgan fingerprint density at radius 3 is 2.72 bits per heavy atom. The summed E-state index contributed by atoms with van der Waals surface area (Å²) in [5, 5.41) is 2.96. The molecule has 2 rings (SSSR count). The Hall–Kier alpha value is -0.870. The molecule has 4 nitrogen and oxygen atoms in total. The molecule has 4 heteroatoms. The lowest BCUT2D eigenvalue weighted by atomic mass is 9.93. The zero-order chi connectivity index (χ0) is 12.8. The van der Waals surface area contributed by atoms with Crippen LogP contribution in [-0.2, 0) is 14.3 Å². The predicted octanol–water partition coefficient (Wildman–Crippen LogP) is 1.37. The summed E-state index contributed by atoms with van der Waals surface area (Å²) < 4.78 is 10.5. The van der Waals surface area contributed by atoms with Crippen LogP contribution in [0, 0.1) is 17.8 Å². The summed E-state index contributed by atoms with van der Waals surface area (Å²) >= 11 is 0. The van der Waals surface area contributed by atoms with Crippen molar-refractivity contribution in [2.75, 3.05) is 33.0 Å². The highest BCUT2D eigenvalue weighted by Crippen LogP contribution is 2.43. The Morgan fingerprint density at radius 1 is 1.22 bits per heavy atom. The van der Waals surface area contributed by atoms with Gasteiger partial charge in [0, 0.05) is 19.1 Å². The molecule has 2 aliphatic carbocycles. The number of amides is 1. The largest absolute Gasteiger partial charge is 0.379 e. The summed E-state index contributed by atoms with van der Waals surface area (Å²) in [7, 11) is 0. The van der Waals surface area contributed by atoms with Gasteiger partial charge in [-0.05, 0) is 31.6 Å². The molecular weight excluding hydrogens is 230 g/mol. The van der Waals surface area contributed by atoms with Crippen LogP contribution in [0.15, 0.2) is 12.2 Å². The molecule has 2 aliphatic rings. The molecule has 1 N–H and O–H groups in total. The van der Waals surface area contributed by atoms with Crippen molar-refractivity contribution in [3.8, 4) is 0 Å². The van der Waals surface area contributed by atoms with Gasteiger partial charge in [0.2, 0.25) is 5.91 Å². The smallest absolute Gasteiger partial charge is 0.223 e. The van der Waals surface area contributed by atoms with Crippen molar-refractivity contribution in [1.82, 2.24) is 5.32 Å². The molecule has 0 aliphatic heterocycles. The van der Waals surface area contributed by atoms with Gasteiger partial charge in [-0.15, -0.1) is 0 Å². The van der Waals surface area contributed by atoms with Crippen molar-refractivity contribution in [1.29, 1.82) is 0 Å². The van der Waals surface area contributed by atoms with Gasteiger partial charge in [0.15, 0.2) is 0 Å². The van der Waals surface area contributed by atoms with E-state index >= 15 is 0 Å². The summed E-state index contributed by atoms with van der Waals surface area (Å²) in [6, 6.07) is 0. The average molecular weight is 253 g/mol. The summed E-state index contributed by atoms with van der Waals surface area (Å²) in [5.41, 5.74) is 0. The van der Waals surface area contributed by atoms with E-state index in [1.807, 2.05) is 6.92 Å². The Morgan fingerprint density at radius 2 is 2.06 bits per heavy atom. The van der Waals surface area contributed by atoms with Crippen LogP contribution >= 0.6 is 0 Å². The van der Waals surface area contributed by atoms with Crippen LogP contribution in [0.5, 0.6) is 0 Å². The summed E-state index contributed by atoms with van der Waals surface area (Å²) in [4.78, 5) is 11.9. The van der Waals surface area contributed by atoms with Crippen molar-refractivity contribution < 1.29 is 14.3 Å². The first-order chi connectivity index (χ1) is 8.81. The van der Waals surface area contributed by atoms with Crippen molar-refractivity contribution >= 4 is 5.91 Å². The molecule has 0 aromatic rings. The zero-order valence-electron chi connectivity index (χ0n) is 11.1. The molecule has 0 radical (unpaired) electrons. The third-order valence-corrected chi connectivity index (χ3v) is 3.74. The van der Waals surface area contributed by atoms with Crippen molar-refractivity contribution in [2.45, 2.75) is 19.8 Å². The molecule has 0 aromatic carbocycles. The minimum absolute atomic E-state index is 0.195. The first-order valence-corrected chi connectivity index (χ1v) is 6.92. The van der Waals surface area contributed by atoms with Crippen LogP contribution in [0.3, 0.4) is 0 Å². The number of rotatable bonds is 8. The quantitative estimate of drug-likeness (QED) is 0.525. The fraction of sp³-hybridized carbons (Fsp3) is 0.786. The van der Waals surface area contributed by atoms with E-state index in [1.54, 1.807) is 0 Å². The van der Waals surface area contributed by atoms with Gasteiger partial charge in [-0.3, -0.25) is 4.79 Å². The molecule has 1 saturated carbocycles. The van der Waals surface area contributed by atoms with Gasteiger partial charge >= 0.3 is 0 Å². The van der Waals surface area contributed by atoms with E-state index in [-0.39, 0.29) is 11.8 Å². The number of allylic oxidation sites excluding steroid dienone is 2. The van der Waals surface area contributed by atoms with E-state index in [1.165, 1.54) is 6.42 Å². The molecule has 2 bridgehead atoms. The summed E-state index contributed by atoms with van der Waals surface area (Å²) in [6.07, 6.45) is 6.66. The Bertz CT molecular complexity index is 303. The van der Waals surface area contributed by atoms with E-state index in [9.17, 15) is 4.79 Å². The molecule has 0 unspecified atom stereocenters. The van der Waals surface area contributed by atoms with Crippen molar-refractivity contribution in [3.05, 3.63) is 12.2 Å². The second-order valence-electron chi connectivity index (χ2n) is 4.99. The summed E-state index contributed by atoms with van der Waals surface area (Å²) in [5.74, 6) is 1.52. The maximum Gasteiger partial charge on any atom is 0.223 e. The van der Waals surface area contributed by atoms with Crippen LogP contribution in [0.4, 0.5) is 0 Å². The number of carbonyl (C=O) groups is 1. The molecule has 0 heterocycles. The van der Waals surface area contributed by atoms with Crippen LogP contribution in [0.1, 0.15) is 19.8 Å². The van der Waals surface area contributed by atoms with Gasteiger partial charge in [-0.25, -0.2) is 0 Å². The molecule has 18 heavy (non-hydrogen) atoms. The number of ether oxygens (including phenoxy) is 2. The normalized spacial score (nSPS) is 28.8. The maximum atomic E-state index is 11.9. The number of hydrogen-bond donors (Lipinski definition) is 1. The van der Waals surface area contributed by atoms with Crippen LogP contribution < -0.4 is 5.32 Å². The molecule has 0 aromatic heterocycles. The predicted molar refractivity (Wildman–Crippen MR) is 69.2 cm³/mol. The molecule has 1 fully saturated rings. The van der Waals surface area contributed by atoms with E-state index in [4.69, 9.17) is 9.47 Å². The van der Waals surface area contributed by atoms with Gasteiger partial charge in [-0.2, -0.15) is 0 Å². The van der Waals surface area contributed by atoms with Gasteiger partial charge < -0.3 is 14.8 Å². The molecule has 3 atom stereocenters. The van der Waals surface area contributed by atoms with E-state index in [0.717, 1.165) is 13.0 Å². The molecule has 0 saturated heterocycles. The first-order valence-electron chi connectivity index (χ1n) is 6.92. The lowest BCUT2D eigenvalue weighted by Crippen LogP contribution is -2.35. The minimum atomic E-state index is 0.195. The van der Waals surface area contributed by atoms with E-state index in [0.29, 0.717) is 38.2 Å². The van der Waals surface area contributed by atoms with E-state index < -0.39 is 0 Å². The molecule has 0 spiro atoms. The van der Waals surface area contributed by atoms with Gasteiger partial charge in [0.05, 0.1) is 19.8 Å². The van der Waals surface area contributed by atoms with Gasteiger partial charge in [-0.1, -0.05) is 12.2 Å². The minimum Gasteiger partial charge on any atom is -0.379 e. The highest BCUT2D eigenvalue weighted by atomic mass is 16.5.